The molecule has 0 radical (unpaired) electrons. The lowest BCUT2D eigenvalue weighted by atomic mass is 10.1. The number of rotatable bonds is 16. The van der Waals surface area contributed by atoms with Crippen molar-refractivity contribution in [3.8, 4) is 0 Å². The summed E-state index contributed by atoms with van der Waals surface area (Å²) in [5.74, 6) is 0.255. The molecule has 0 aliphatic rings. The molecule has 182 valence electrons. The van der Waals surface area contributed by atoms with Crippen LogP contribution in [0.5, 0.6) is 0 Å². The van der Waals surface area contributed by atoms with Crippen molar-refractivity contribution in [1.82, 2.24) is 9.80 Å². The van der Waals surface area contributed by atoms with Gasteiger partial charge in [0.15, 0.2) is 0 Å². The first-order valence-electron chi connectivity index (χ1n) is 12.4. The number of carbonyl (C=O) groups excluding carboxylic acids is 2. The Morgan fingerprint density at radius 2 is 1.52 bits per heavy atom. The summed E-state index contributed by atoms with van der Waals surface area (Å²) in [6, 6.07) is 9.73. The van der Waals surface area contributed by atoms with Gasteiger partial charge in [0.1, 0.15) is 11.6 Å². The lowest BCUT2D eigenvalue weighted by molar-refractivity contribution is -0.141. The quantitative estimate of drug-likeness (QED) is 0.276. The fourth-order valence-corrected chi connectivity index (χ4v) is 3.85. The van der Waals surface area contributed by atoms with Crippen molar-refractivity contribution in [1.29, 1.82) is 0 Å². The van der Waals surface area contributed by atoms with E-state index in [9.17, 15) is 14.0 Å². The molecule has 6 heteroatoms. The maximum absolute atomic E-state index is 13.3. The molecule has 0 N–H and O–H groups in total. The normalized spacial score (nSPS) is 10.9. The Balaban J connectivity index is 1.94. The minimum atomic E-state index is -0.312. The van der Waals surface area contributed by atoms with Gasteiger partial charge in [-0.25, -0.2) is 4.39 Å². The molecule has 2 amide bonds. The van der Waals surface area contributed by atoms with Gasteiger partial charge in [-0.2, -0.15) is 0 Å². The highest BCUT2D eigenvalue weighted by Crippen LogP contribution is 2.14. The molecule has 0 aliphatic carbocycles. The number of halogens is 1. The van der Waals surface area contributed by atoms with Gasteiger partial charge in [-0.15, -0.1) is 0 Å². The molecular weight excluding hydrogens is 419 g/mol. The van der Waals surface area contributed by atoms with E-state index in [0.717, 1.165) is 31.2 Å². The third kappa shape index (κ3) is 10.2. The van der Waals surface area contributed by atoms with Crippen molar-refractivity contribution >= 4 is 11.8 Å². The van der Waals surface area contributed by atoms with Crippen LogP contribution >= 0.6 is 0 Å². The molecular formula is C27H39FN2O3. The second-order valence-electron chi connectivity index (χ2n) is 8.64. The Hall–Kier alpha value is -2.63. The molecule has 1 heterocycles. The first-order chi connectivity index (χ1) is 16.0. The van der Waals surface area contributed by atoms with Crippen molar-refractivity contribution < 1.29 is 18.4 Å². The Morgan fingerprint density at radius 1 is 0.818 bits per heavy atom. The van der Waals surface area contributed by atoms with Crippen LogP contribution in [0.3, 0.4) is 0 Å². The van der Waals surface area contributed by atoms with E-state index in [1.54, 1.807) is 34.3 Å². The van der Waals surface area contributed by atoms with E-state index in [1.807, 2.05) is 13.0 Å². The van der Waals surface area contributed by atoms with Gasteiger partial charge in [-0.05, 0) is 42.7 Å². The van der Waals surface area contributed by atoms with Crippen molar-refractivity contribution in [2.75, 3.05) is 13.1 Å². The average Bonchev–Trinajstić information content (AvgIpc) is 3.32. The summed E-state index contributed by atoms with van der Waals surface area (Å²) < 4.78 is 18.7. The zero-order valence-electron chi connectivity index (χ0n) is 20.2. The largest absolute Gasteiger partial charge is 0.467 e. The molecule has 2 aromatic rings. The van der Waals surface area contributed by atoms with Crippen LogP contribution in [0.4, 0.5) is 4.39 Å². The van der Waals surface area contributed by atoms with Gasteiger partial charge in [0.05, 0.1) is 19.4 Å². The molecule has 33 heavy (non-hydrogen) atoms. The Labute approximate surface area is 197 Å². The minimum Gasteiger partial charge on any atom is -0.467 e. The highest BCUT2D eigenvalue weighted by molar-refractivity contribution is 5.84. The topological polar surface area (TPSA) is 53.8 Å². The number of unbranched alkanes of at least 4 members (excludes halogenated alkanes) is 6. The predicted octanol–water partition coefficient (Wildman–Crippen LogP) is 6.33. The van der Waals surface area contributed by atoms with Gasteiger partial charge in [-0.1, -0.05) is 64.5 Å². The van der Waals surface area contributed by atoms with Gasteiger partial charge < -0.3 is 14.2 Å². The van der Waals surface area contributed by atoms with E-state index in [1.165, 1.54) is 37.8 Å². The van der Waals surface area contributed by atoms with Gasteiger partial charge >= 0.3 is 0 Å². The van der Waals surface area contributed by atoms with Crippen molar-refractivity contribution in [2.24, 2.45) is 0 Å². The maximum atomic E-state index is 13.3. The first kappa shape index (κ1) is 26.6. The van der Waals surface area contributed by atoms with Crippen LogP contribution in [0.15, 0.2) is 47.1 Å². The third-order valence-electron chi connectivity index (χ3n) is 5.73. The average molecular weight is 459 g/mol. The summed E-state index contributed by atoms with van der Waals surface area (Å²) in [5.41, 5.74) is 0.827. The SMILES string of the molecule is CCCCCCCCCC(=O)N(CCC)CC(=O)N(Cc1ccc(F)cc1)Cc1ccco1. The van der Waals surface area contributed by atoms with Crippen LogP contribution < -0.4 is 0 Å². The monoisotopic (exact) mass is 458 g/mol. The molecule has 1 aromatic heterocycles. The standard InChI is InChI=1S/C27H39FN2O3/c1-3-5-6-7-8-9-10-13-26(31)29(18-4-2)22-27(32)30(21-25-12-11-19-33-25)20-23-14-16-24(28)17-15-23/h11-12,14-17,19H,3-10,13,18,20-22H2,1-2H3. The van der Waals surface area contributed by atoms with Crippen LogP contribution in [-0.4, -0.2) is 34.7 Å². The van der Waals surface area contributed by atoms with Gasteiger partial charge in [0.2, 0.25) is 11.8 Å². The molecule has 5 nitrogen and oxygen atoms in total. The minimum absolute atomic E-state index is 0.0403. The molecule has 0 atom stereocenters. The number of hydrogen-bond acceptors (Lipinski definition) is 3. The number of nitrogens with zero attached hydrogens (tertiary/aromatic N) is 2. The summed E-state index contributed by atoms with van der Waals surface area (Å²) in [6.45, 7) is 5.45. The van der Waals surface area contributed by atoms with Crippen LogP contribution in [-0.2, 0) is 22.7 Å². The molecule has 0 unspecified atom stereocenters. The van der Waals surface area contributed by atoms with Crippen molar-refractivity contribution in [3.05, 3.63) is 59.8 Å². The molecule has 0 fully saturated rings. The third-order valence-corrected chi connectivity index (χ3v) is 5.73. The number of furan rings is 1. The zero-order valence-corrected chi connectivity index (χ0v) is 20.2. The molecule has 0 saturated carbocycles. The number of benzene rings is 1. The zero-order chi connectivity index (χ0) is 23.9. The van der Waals surface area contributed by atoms with Crippen LogP contribution in [0, 0.1) is 5.82 Å². The van der Waals surface area contributed by atoms with E-state index in [-0.39, 0.29) is 24.2 Å². The summed E-state index contributed by atoms with van der Waals surface area (Å²) >= 11 is 0. The molecule has 2 rings (SSSR count). The number of carbonyl (C=O) groups is 2. The number of amides is 2. The van der Waals surface area contributed by atoms with Gasteiger partial charge in [-0.3, -0.25) is 9.59 Å². The molecule has 0 spiro atoms. The molecule has 1 aromatic carbocycles. The summed E-state index contributed by atoms with van der Waals surface area (Å²) in [6.07, 6.45) is 10.9. The predicted molar refractivity (Wildman–Crippen MR) is 129 cm³/mol. The highest BCUT2D eigenvalue weighted by atomic mass is 19.1. The van der Waals surface area contributed by atoms with Crippen molar-refractivity contribution in [2.45, 2.75) is 84.7 Å². The fraction of sp³-hybridized carbons (Fsp3) is 0.556. The van der Waals surface area contributed by atoms with E-state index >= 15 is 0 Å². The van der Waals surface area contributed by atoms with Crippen LogP contribution in [0.1, 0.15) is 83.0 Å². The van der Waals surface area contributed by atoms with E-state index in [4.69, 9.17) is 4.42 Å². The van der Waals surface area contributed by atoms with Gasteiger partial charge in [0.25, 0.3) is 0 Å². The fourth-order valence-electron chi connectivity index (χ4n) is 3.85. The van der Waals surface area contributed by atoms with Crippen LogP contribution in [0.25, 0.3) is 0 Å². The lowest BCUT2D eigenvalue weighted by Crippen LogP contribution is -2.42. The van der Waals surface area contributed by atoms with Gasteiger partial charge in [0, 0.05) is 19.5 Å². The summed E-state index contributed by atoms with van der Waals surface area (Å²) in [4.78, 5) is 29.4. The maximum Gasteiger partial charge on any atom is 0.242 e. The Kier molecular flexibility index (Phi) is 12.3. The smallest absolute Gasteiger partial charge is 0.242 e. The second-order valence-corrected chi connectivity index (χ2v) is 8.64. The summed E-state index contributed by atoms with van der Waals surface area (Å²) in [7, 11) is 0. The Morgan fingerprint density at radius 3 is 2.15 bits per heavy atom. The number of hydrogen-bond donors (Lipinski definition) is 0. The van der Waals surface area contributed by atoms with E-state index < -0.39 is 0 Å². The highest BCUT2D eigenvalue weighted by Gasteiger charge is 2.22. The van der Waals surface area contributed by atoms with E-state index in [2.05, 4.69) is 6.92 Å². The molecule has 0 saturated heterocycles. The molecule has 0 aliphatic heterocycles. The Bertz CT molecular complexity index is 805. The summed E-state index contributed by atoms with van der Waals surface area (Å²) in [5, 5.41) is 0. The molecule has 0 bridgehead atoms. The first-order valence-corrected chi connectivity index (χ1v) is 12.4. The second kappa shape index (κ2) is 15.3. The van der Waals surface area contributed by atoms with E-state index in [0.29, 0.717) is 31.8 Å². The lowest BCUT2D eigenvalue weighted by Gasteiger charge is -2.27. The van der Waals surface area contributed by atoms with Crippen molar-refractivity contribution in [3.63, 3.8) is 0 Å². The van der Waals surface area contributed by atoms with Crippen LogP contribution in [0.2, 0.25) is 0 Å².